The van der Waals surface area contributed by atoms with Crippen LogP contribution in [0.25, 0.3) is 10.9 Å². The second-order valence-corrected chi connectivity index (χ2v) is 5.26. The fraction of sp³-hybridized carbons (Fsp3) is 0.118. The van der Waals surface area contributed by atoms with Gasteiger partial charge < -0.3 is 5.32 Å². The van der Waals surface area contributed by atoms with E-state index in [0.717, 1.165) is 35.1 Å². The summed E-state index contributed by atoms with van der Waals surface area (Å²) in [6, 6.07) is 14.3. The van der Waals surface area contributed by atoms with Crippen LogP contribution in [0.2, 0.25) is 5.02 Å². The minimum absolute atomic E-state index is 0.198. The maximum atomic E-state index is 13.1. The summed E-state index contributed by atoms with van der Waals surface area (Å²) in [6.45, 7) is 0.727. The van der Waals surface area contributed by atoms with E-state index in [1.165, 1.54) is 6.07 Å². The maximum absolute atomic E-state index is 13.1. The number of nitrogens with zero attached hydrogens (tertiary/aromatic N) is 1. The van der Waals surface area contributed by atoms with Crippen LogP contribution in [-0.4, -0.2) is 11.5 Å². The van der Waals surface area contributed by atoms with Crippen LogP contribution in [0.5, 0.6) is 0 Å². The minimum atomic E-state index is -0.198. The highest BCUT2D eigenvalue weighted by Crippen LogP contribution is 2.24. The lowest BCUT2D eigenvalue weighted by Crippen LogP contribution is -2.05. The third-order valence-corrected chi connectivity index (χ3v) is 3.56. The molecule has 0 radical (unpaired) electrons. The van der Waals surface area contributed by atoms with E-state index in [-0.39, 0.29) is 5.82 Å². The molecule has 0 unspecified atom stereocenters. The van der Waals surface area contributed by atoms with Gasteiger partial charge in [-0.2, -0.15) is 0 Å². The van der Waals surface area contributed by atoms with Crippen molar-refractivity contribution >= 4 is 28.2 Å². The highest BCUT2D eigenvalue weighted by Gasteiger charge is 2.02. The van der Waals surface area contributed by atoms with Gasteiger partial charge in [0.15, 0.2) is 0 Å². The Morgan fingerprint density at radius 2 is 2.00 bits per heavy atom. The summed E-state index contributed by atoms with van der Waals surface area (Å²) in [5.74, 6) is -0.198. The minimum Gasteiger partial charge on any atom is -0.384 e. The third-order valence-electron chi connectivity index (χ3n) is 3.32. The Labute approximate surface area is 127 Å². The number of rotatable bonds is 4. The molecule has 3 aromatic rings. The monoisotopic (exact) mass is 300 g/mol. The van der Waals surface area contributed by atoms with E-state index in [4.69, 9.17) is 11.6 Å². The molecule has 0 amide bonds. The number of hydrogen-bond acceptors (Lipinski definition) is 2. The second kappa shape index (κ2) is 6.10. The quantitative estimate of drug-likeness (QED) is 0.756. The van der Waals surface area contributed by atoms with E-state index in [1.54, 1.807) is 18.3 Å². The van der Waals surface area contributed by atoms with Crippen LogP contribution in [0, 0.1) is 5.82 Å². The number of nitrogens with one attached hydrogen (secondary N) is 1. The molecule has 1 aromatic heterocycles. The number of fused-ring (bicyclic) bond motifs is 1. The molecular formula is C17H14ClFN2. The summed E-state index contributed by atoms with van der Waals surface area (Å²) in [5.41, 5.74) is 2.84. The molecule has 1 heterocycles. The summed E-state index contributed by atoms with van der Waals surface area (Å²) < 4.78 is 13.1. The van der Waals surface area contributed by atoms with E-state index in [0.29, 0.717) is 5.02 Å². The van der Waals surface area contributed by atoms with Crippen LogP contribution in [0.4, 0.5) is 10.1 Å². The summed E-state index contributed by atoms with van der Waals surface area (Å²) >= 11 is 5.97. The first kappa shape index (κ1) is 13.8. The van der Waals surface area contributed by atoms with Gasteiger partial charge in [-0.15, -0.1) is 0 Å². The summed E-state index contributed by atoms with van der Waals surface area (Å²) in [7, 11) is 0. The Morgan fingerprint density at radius 3 is 2.86 bits per heavy atom. The molecule has 0 atom stereocenters. The largest absolute Gasteiger partial charge is 0.384 e. The van der Waals surface area contributed by atoms with E-state index in [1.807, 2.05) is 30.3 Å². The lowest BCUT2D eigenvalue weighted by molar-refractivity contribution is 0.625. The molecule has 2 nitrogen and oxygen atoms in total. The molecule has 0 aliphatic heterocycles. The summed E-state index contributed by atoms with van der Waals surface area (Å²) in [6.07, 6.45) is 2.51. The van der Waals surface area contributed by atoms with Crippen LogP contribution < -0.4 is 5.32 Å². The lowest BCUT2D eigenvalue weighted by atomic mass is 10.1. The van der Waals surface area contributed by atoms with Crippen molar-refractivity contribution in [1.82, 2.24) is 4.98 Å². The summed E-state index contributed by atoms with van der Waals surface area (Å²) in [5, 5.41) is 5.07. The number of pyridine rings is 1. The van der Waals surface area contributed by atoms with Gasteiger partial charge >= 0.3 is 0 Å². The van der Waals surface area contributed by atoms with Crippen molar-refractivity contribution in [3.05, 3.63) is 71.1 Å². The molecule has 0 aliphatic rings. The van der Waals surface area contributed by atoms with Crippen LogP contribution in [-0.2, 0) is 6.42 Å². The molecule has 21 heavy (non-hydrogen) atoms. The van der Waals surface area contributed by atoms with Gasteiger partial charge in [-0.3, -0.25) is 4.98 Å². The van der Waals surface area contributed by atoms with Crippen molar-refractivity contribution in [2.45, 2.75) is 6.42 Å². The molecule has 3 rings (SSSR count). The Morgan fingerprint density at radius 1 is 1.10 bits per heavy atom. The molecule has 0 bridgehead atoms. The smallest absolute Gasteiger partial charge is 0.123 e. The molecule has 4 heteroatoms. The van der Waals surface area contributed by atoms with Gasteiger partial charge in [0, 0.05) is 28.8 Å². The number of anilines is 1. The number of halogens is 2. The molecule has 0 aliphatic carbocycles. The number of aromatic nitrogens is 1. The van der Waals surface area contributed by atoms with Crippen molar-refractivity contribution in [2.75, 3.05) is 11.9 Å². The first-order chi connectivity index (χ1) is 10.2. The highest BCUT2D eigenvalue weighted by atomic mass is 35.5. The average Bonchev–Trinajstić information content (AvgIpc) is 2.47. The molecule has 0 fully saturated rings. The second-order valence-electron chi connectivity index (χ2n) is 4.83. The molecule has 106 valence electrons. The van der Waals surface area contributed by atoms with Crippen molar-refractivity contribution in [3.63, 3.8) is 0 Å². The fourth-order valence-electron chi connectivity index (χ4n) is 2.31. The van der Waals surface area contributed by atoms with Gasteiger partial charge in [-0.25, -0.2) is 4.39 Å². The van der Waals surface area contributed by atoms with Crippen LogP contribution in [0.1, 0.15) is 5.56 Å². The Hall–Kier alpha value is -2.13. The van der Waals surface area contributed by atoms with Gasteiger partial charge in [-0.05, 0) is 48.4 Å². The fourth-order valence-corrected chi connectivity index (χ4v) is 2.48. The molecule has 0 spiro atoms. The van der Waals surface area contributed by atoms with Crippen LogP contribution in [0.15, 0.2) is 54.7 Å². The lowest BCUT2D eigenvalue weighted by Gasteiger charge is -2.09. The zero-order chi connectivity index (χ0) is 14.7. The number of hydrogen-bond donors (Lipinski definition) is 1. The van der Waals surface area contributed by atoms with Gasteiger partial charge in [0.2, 0.25) is 0 Å². The molecule has 0 saturated carbocycles. The van der Waals surface area contributed by atoms with Gasteiger partial charge in [0.1, 0.15) is 5.82 Å². The third kappa shape index (κ3) is 3.31. The zero-order valence-corrected chi connectivity index (χ0v) is 12.1. The number of benzene rings is 2. The van der Waals surface area contributed by atoms with Gasteiger partial charge in [0.05, 0.1) is 5.52 Å². The molecule has 2 aromatic carbocycles. The topological polar surface area (TPSA) is 24.9 Å². The van der Waals surface area contributed by atoms with E-state index in [2.05, 4.69) is 10.3 Å². The Kier molecular flexibility index (Phi) is 4.02. The van der Waals surface area contributed by atoms with E-state index < -0.39 is 0 Å². The van der Waals surface area contributed by atoms with Crippen molar-refractivity contribution in [1.29, 1.82) is 0 Å². The predicted molar refractivity (Wildman–Crippen MR) is 85.3 cm³/mol. The van der Waals surface area contributed by atoms with E-state index in [9.17, 15) is 4.39 Å². The molecular weight excluding hydrogens is 287 g/mol. The van der Waals surface area contributed by atoms with Crippen molar-refractivity contribution in [2.24, 2.45) is 0 Å². The maximum Gasteiger partial charge on any atom is 0.123 e. The SMILES string of the molecule is Fc1cccc(CCNc2ccnc3cc(Cl)ccc23)c1. The first-order valence-corrected chi connectivity index (χ1v) is 7.13. The average molecular weight is 301 g/mol. The van der Waals surface area contributed by atoms with Gasteiger partial charge in [0.25, 0.3) is 0 Å². The Balaban J connectivity index is 1.73. The summed E-state index contributed by atoms with van der Waals surface area (Å²) in [4.78, 5) is 4.31. The highest BCUT2D eigenvalue weighted by molar-refractivity contribution is 6.31. The first-order valence-electron chi connectivity index (χ1n) is 6.75. The normalized spacial score (nSPS) is 10.8. The predicted octanol–water partition coefficient (Wildman–Crippen LogP) is 4.68. The Bertz CT molecular complexity index is 774. The van der Waals surface area contributed by atoms with E-state index >= 15 is 0 Å². The molecule has 0 saturated heterocycles. The van der Waals surface area contributed by atoms with Crippen LogP contribution >= 0.6 is 11.6 Å². The standard InChI is InChI=1S/C17H14ClFN2/c18-13-4-5-15-16(7-9-21-17(15)11-13)20-8-6-12-2-1-3-14(19)10-12/h1-5,7,9-11H,6,8H2,(H,20,21). The zero-order valence-electron chi connectivity index (χ0n) is 11.3. The molecule has 1 N–H and O–H groups in total. The van der Waals surface area contributed by atoms with Crippen LogP contribution in [0.3, 0.4) is 0 Å². The van der Waals surface area contributed by atoms with Gasteiger partial charge in [-0.1, -0.05) is 23.7 Å². The van der Waals surface area contributed by atoms with Crippen molar-refractivity contribution < 1.29 is 4.39 Å². The van der Waals surface area contributed by atoms with Crippen molar-refractivity contribution in [3.8, 4) is 0 Å².